The molecule has 4 amide bonds. The fourth-order valence-electron chi connectivity index (χ4n) is 6.94. The molecular formula is C29H25Cl2IN2O6. The Labute approximate surface area is 254 Å². The summed E-state index contributed by atoms with van der Waals surface area (Å²) in [4.78, 5) is 53.4. The Bertz CT molecular complexity index is 1480. The molecule has 2 saturated heterocycles. The molecule has 0 bridgehead atoms. The number of benzene rings is 2. The molecule has 1 N–H and O–H groups in total. The Morgan fingerprint density at radius 1 is 1.00 bits per heavy atom. The minimum atomic E-state index is -1.89. The van der Waals surface area contributed by atoms with Gasteiger partial charge in [-0.05, 0) is 71.7 Å². The van der Waals surface area contributed by atoms with Gasteiger partial charge in [0, 0.05) is 22.1 Å². The van der Waals surface area contributed by atoms with E-state index in [1.165, 1.54) is 11.9 Å². The van der Waals surface area contributed by atoms with Crippen molar-refractivity contribution >= 4 is 75.1 Å². The lowest BCUT2D eigenvalue weighted by molar-refractivity contribution is -0.138. The SMILES string of the molecule is CN1C(=O)[C@]2(Cl)C[C@@H]3C(=CC[C@@H]4C(=O)N(c5ccc(I)cc5)C(=O)[C@@H]43)[C@H](c3ccccc3OCCO)[C@]2(Cl)C1=O. The van der Waals surface area contributed by atoms with E-state index in [1.807, 2.05) is 18.2 Å². The number of hydrogen-bond acceptors (Lipinski definition) is 6. The van der Waals surface area contributed by atoms with E-state index < -0.39 is 45.2 Å². The Balaban J connectivity index is 1.51. The number of halogens is 3. The average Bonchev–Trinajstić information content (AvgIpc) is 3.27. The molecule has 0 radical (unpaired) electrons. The van der Waals surface area contributed by atoms with E-state index in [4.69, 9.17) is 27.9 Å². The summed E-state index contributed by atoms with van der Waals surface area (Å²) in [6, 6.07) is 14.1. The number of carbonyl (C=O) groups is 4. The van der Waals surface area contributed by atoms with Crippen molar-refractivity contribution in [2.45, 2.75) is 28.5 Å². The number of ether oxygens (including phenoxy) is 1. The van der Waals surface area contributed by atoms with Gasteiger partial charge in [0.05, 0.1) is 24.1 Å². The first-order chi connectivity index (χ1) is 19.1. The quantitative estimate of drug-likeness (QED) is 0.221. The number of anilines is 1. The van der Waals surface area contributed by atoms with Crippen LogP contribution < -0.4 is 9.64 Å². The van der Waals surface area contributed by atoms with Gasteiger partial charge < -0.3 is 9.84 Å². The monoisotopic (exact) mass is 694 g/mol. The van der Waals surface area contributed by atoms with Crippen molar-refractivity contribution < 1.29 is 29.0 Å². The summed E-state index contributed by atoms with van der Waals surface area (Å²) >= 11 is 16.6. The lowest BCUT2D eigenvalue weighted by Crippen LogP contribution is -2.60. The van der Waals surface area contributed by atoms with Gasteiger partial charge in [-0.1, -0.05) is 29.8 Å². The number of amides is 4. The molecule has 2 aromatic carbocycles. The van der Waals surface area contributed by atoms with Gasteiger partial charge in [-0.15, -0.1) is 23.2 Å². The maximum atomic E-state index is 14.0. The third-order valence-electron chi connectivity index (χ3n) is 8.68. The van der Waals surface area contributed by atoms with Gasteiger partial charge in [0.15, 0.2) is 9.75 Å². The number of imide groups is 2. The van der Waals surface area contributed by atoms with E-state index in [9.17, 15) is 24.3 Å². The van der Waals surface area contributed by atoms with Crippen LogP contribution in [0, 0.1) is 21.3 Å². The van der Waals surface area contributed by atoms with Crippen molar-refractivity contribution in [2.75, 3.05) is 25.2 Å². The van der Waals surface area contributed by atoms with E-state index >= 15 is 0 Å². The molecule has 6 rings (SSSR count). The number of aliphatic hydroxyl groups is 1. The zero-order valence-electron chi connectivity index (χ0n) is 21.4. The van der Waals surface area contributed by atoms with E-state index in [0.29, 0.717) is 22.6 Å². The second-order valence-corrected chi connectivity index (χ2v) is 13.1. The van der Waals surface area contributed by atoms with Crippen LogP contribution in [-0.4, -0.2) is 63.6 Å². The summed E-state index contributed by atoms with van der Waals surface area (Å²) in [5.74, 6) is -4.48. The summed E-state index contributed by atoms with van der Waals surface area (Å²) in [5, 5.41) is 9.40. The number of alkyl halides is 2. The number of likely N-dealkylation sites (tertiary alicyclic amines) is 1. The summed E-state index contributed by atoms with van der Waals surface area (Å²) in [6.45, 7) is -0.229. The molecule has 0 aromatic heterocycles. The molecule has 1 saturated carbocycles. The van der Waals surface area contributed by atoms with Gasteiger partial charge in [0.1, 0.15) is 12.4 Å². The molecule has 0 unspecified atom stereocenters. The highest BCUT2D eigenvalue weighted by atomic mass is 127. The zero-order chi connectivity index (χ0) is 28.6. The maximum Gasteiger partial charge on any atom is 0.253 e. The molecule has 0 spiro atoms. The van der Waals surface area contributed by atoms with Crippen LogP contribution in [0.2, 0.25) is 0 Å². The molecular weight excluding hydrogens is 670 g/mol. The minimum Gasteiger partial charge on any atom is -0.491 e. The summed E-state index contributed by atoms with van der Waals surface area (Å²) in [7, 11) is 1.35. The first-order valence-corrected chi connectivity index (χ1v) is 14.8. The van der Waals surface area contributed by atoms with Crippen LogP contribution in [0.3, 0.4) is 0 Å². The molecule has 2 aliphatic heterocycles. The zero-order valence-corrected chi connectivity index (χ0v) is 25.0. The second-order valence-electron chi connectivity index (χ2n) is 10.6. The van der Waals surface area contributed by atoms with Crippen LogP contribution in [0.15, 0.2) is 60.2 Å². The van der Waals surface area contributed by atoms with Crippen LogP contribution >= 0.6 is 45.8 Å². The third-order valence-corrected chi connectivity index (χ3v) is 10.8. The molecule has 6 atom stereocenters. The third kappa shape index (κ3) is 3.66. The van der Waals surface area contributed by atoms with E-state index in [0.717, 1.165) is 8.47 Å². The number of hydrogen-bond donors (Lipinski definition) is 1. The van der Waals surface area contributed by atoms with Crippen molar-refractivity contribution in [3.63, 3.8) is 0 Å². The van der Waals surface area contributed by atoms with Gasteiger partial charge in [-0.25, -0.2) is 0 Å². The summed E-state index contributed by atoms with van der Waals surface area (Å²) < 4.78 is 6.79. The Hall–Kier alpha value is -2.47. The molecule has 11 heteroatoms. The highest BCUT2D eigenvalue weighted by molar-refractivity contribution is 14.1. The van der Waals surface area contributed by atoms with Gasteiger partial charge in [0.25, 0.3) is 11.8 Å². The smallest absolute Gasteiger partial charge is 0.253 e. The fraction of sp³-hybridized carbons (Fsp3) is 0.379. The van der Waals surface area contributed by atoms with Gasteiger partial charge in [-0.3, -0.25) is 29.0 Å². The van der Waals surface area contributed by atoms with Crippen molar-refractivity contribution in [3.05, 3.63) is 69.3 Å². The van der Waals surface area contributed by atoms with Crippen LogP contribution in [0.5, 0.6) is 5.75 Å². The number of aliphatic hydroxyl groups excluding tert-OH is 1. The molecule has 3 fully saturated rings. The van der Waals surface area contributed by atoms with Gasteiger partial charge in [-0.2, -0.15) is 0 Å². The molecule has 2 aliphatic carbocycles. The van der Waals surface area contributed by atoms with Crippen LogP contribution in [-0.2, 0) is 19.2 Å². The van der Waals surface area contributed by atoms with E-state index in [1.54, 1.807) is 36.4 Å². The average molecular weight is 695 g/mol. The highest BCUT2D eigenvalue weighted by Crippen LogP contribution is 2.66. The predicted molar refractivity (Wildman–Crippen MR) is 156 cm³/mol. The Morgan fingerprint density at radius 3 is 2.40 bits per heavy atom. The molecule has 2 heterocycles. The second kappa shape index (κ2) is 9.82. The number of para-hydroxylation sites is 1. The predicted octanol–water partition coefficient (Wildman–Crippen LogP) is 3.86. The molecule has 40 heavy (non-hydrogen) atoms. The topological polar surface area (TPSA) is 104 Å². The van der Waals surface area contributed by atoms with Gasteiger partial charge >= 0.3 is 0 Å². The number of allylic oxidation sites excluding steroid dienone is 2. The van der Waals surface area contributed by atoms with Gasteiger partial charge in [0.2, 0.25) is 11.8 Å². The Kier molecular flexibility index (Phi) is 6.80. The number of carbonyl (C=O) groups excluding carboxylic acids is 4. The highest BCUT2D eigenvalue weighted by Gasteiger charge is 2.76. The van der Waals surface area contributed by atoms with E-state index in [-0.39, 0.29) is 37.9 Å². The lowest BCUT2D eigenvalue weighted by Gasteiger charge is -2.51. The first kappa shape index (κ1) is 27.7. The largest absolute Gasteiger partial charge is 0.491 e. The fourth-order valence-corrected chi connectivity index (χ4v) is 8.31. The molecule has 2 aromatic rings. The van der Waals surface area contributed by atoms with Crippen molar-refractivity contribution in [2.24, 2.45) is 17.8 Å². The van der Waals surface area contributed by atoms with Crippen LogP contribution in [0.25, 0.3) is 0 Å². The number of fused-ring (bicyclic) bond motifs is 4. The number of nitrogens with zero attached hydrogens (tertiary/aromatic N) is 2. The summed E-state index contributed by atoms with van der Waals surface area (Å²) in [6.07, 6.45) is 2.09. The molecule has 208 valence electrons. The minimum absolute atomic E-state index is 0.00293. The summed E-state index contributed by atoms with van der Waals surface area (Å²) in [5.41, 5.74) is 1.70. The number of rotatable bonds is 5. The normalized spacial score (nSPS) is 33.1. The molecule has 4 aliphatic rings. The van der Waals surface area contributed by atoms with E-state index in [2.05, 4.69) is 22.6 Å². The molecule has 8 nitrogen and oxygen atoms in total. The van der Waals surface area contributed by atoms with Crippen LogP contribution in [0.4, 0.5) is 5.69 Å². The van der Waals surface area contributed by atoms with Crippen molar-refractivity contribution in [1.82, 2.24) is 4.90 Å². The maximum absolute atomic E-state index is 14.0. The van der Waals surface area contributed by atoms with Crippen molar-refractivity contribution in [3.8, 4) is 5.75 Å². The lowest BCUT2D eigenvalue weighted by atomic mass is 9.56. The standard InChI is InChI=1S/C29H25Cl2IN2O6/c1-33-26(38)28(30)14-20-17(23(29(28,31)27(33)39)18-4-2-3-5-21(18)40-13-12-35)10-11-19-22(20)25(37)34(24(19)36)16-8-6-15(32)7-9-16/h2-10,19-20,22-23,35H,11-14H2,1H3/t19-,20+,22-,23+,28+,29-/m0/s1. The van der Waals surface area contributed by atoms with Crippen molar-refractivity contribution in [1.29, 1.82) is 0 Å². The Morgan fingerprint density at radius 2 is 1.70 bits per heavy atom. The van der Waals surface area contributed by atoms with Crippen LogP contribution in [0.1, 0.15) is 24.3 Å². The first-order valence-electron chi connectivity index (χ1n) is 12.9.